The van der Waals surface area contributed by atoms with Crippen LogP contribution in [0.25, 0.3) is 11.4 Å². The standard InChI is InChI=1S/C18H23N5OS/c24-17(11-15-12-25-10-8-19-15)20-14-6-4-13(5-7-14)18-22-21-16-3-1-2-9-23(16)18/h4-7,15,19H,1-3,8-12H2,(H,20,24). The van der Waals surface area contributed by atoms with Crippen molar-refractivity contribution in [2.24, 2.45) is 0 Å². The van der Waals surface area contributed by atoms with Crippen molar-refractivity contribution in [2.75, 3.05) is 23.4 Å². The number of hydrogen-bond donors (Lipinski definition) is 2. The molecule has 132 valence electrons. The molecule has 1 unspecified atom stereocenters. The number of fused-ring (bicyclic) bond motifs is 1. The van der Waals surface area contributed by atoms with Gasteiger partial charge < -0.3 is 15.2 Å². The molecule has 2 aliphatic rings. The van der Waals surface area contributed by atoms with E-state index in [1.807, 2.05) is 36.0 Å². The molecule has 0 spiro atoms. The minimum absolute atomic E-state index is 0.0626. The van der Waals surface area contributed by atoms with Crippen LogP contribution in [-0.2, 0) is 17.8 Å². The number of nitrogens with zero attached hydrogens (tertiary/aromatic N) is 3. The van der Waals surface area contributed by atoms with Gasteiger partial charge in [0.25, 0.3) is 0 Å². The lowest BCUT2D eigenvalue weighted by atomic mass is 10.1. The zero-order valence-corrected chi connectivity index (χ0v) is 15.0. The number of anilines is 1. The van der Waals surface area contributed by atoms with Crippen LogP contribution in [0.2, 0.25) is 0 Å². The van der Waals surface area contributed by atoms with E-state index in [2.05, 4.69) is 25.4 Å². The molecule has 0 saturated carbocycles. The Hall–Kier alpha value is -1.86. The summed E-state index contributed by atoms with van der Waals surface area (Å²) in [5, 5.41) is 15.0. The molecule has 1 amide bonds. The van der Waals surface area contributed by atoms with E-state index < -0.39 is 0 Å². The van der Waals surface area contributed by atoms with Crippen molar-refractivity contribution in [2.45, 2.75) is 38.3 Å². The molecule has 4 rings (SSSR count). The third-order valence-electron chi connectivity index (χ3n) is 4.72. The van der Waals surface area contributed by atoms with Gasteiger partial charge in [0.2, 0.25) is 5.91 Å². The average molecular weight is 357 g/mol. The number of amides is 1. The summed E-state index contributed by atoms with van der Waals surface area (Å²) in [5.74, 6) is 4.20. The first-order valence-corrected chi connectivity index (χ1v) is 10.1. The monoisotopic (exact) mass is 357 g/mol. The quantitative estimate of drug-likeness (QED) is 0.879. The third-order valence-corrected chi connectivity index (χ3v) is 5.85. The van der Waals surface area contributed by atoms with Crippen LogP contribution < -0.4 is 10.6 Å². The lowest BCUT2D eigenvalue weighted by Gasteiger charge is -2.22. The zero-order chi connectivity index (χ0) is 17.1. The lowest BCUT2D eigenvalue weighted by molar-refractivity contribution is -0.116. The molecule has 1 fully saturated rings. The number of hydrogen-bond acceptors (Lipinski definition) is 5. The van der Waals surface area contributed by atoms with Gasteiger partial charge in [-0.3, -0.25) is 4.79 Å². The Morgan fingerprint density at radius 1 is 1.28 bits per heavy atom. The summed E-state index contributed by atoms with van der Waals surface area (Å²) < 4.78 is 2.21. The predicted molar refractivity (Wildman–Crippen MR) is 101 cm³/mol. The molecular weight excluding hydrogens is 334 g/mol. The summed E-state index contributed by atoms with van der Waals surface area (Å²) in [4.78, 5) is 12.2. The van der Waals surface area contributed by atoms with Crippen molar-refractivity contribution in [3.05, 3.63) is 30.1 Å². The van der Waals surface area contributed by atoms with Gasteiger partial charge in [-0.1, -0.05) is 0 Å². The van der Waals surface area contributed by atoms with E-state index in [1.165, 1.54) is 12.8 Å². The molecule has 7 heteroatoms. The van der Waals surface area contributed by atoms with Crippen LogP contribution in [0, 0.1) is 0 Å². The van der Waals surface area contributed by atoms with Gasteiger partial charge in [0, 0.05) is 54.7 Å². The van der Waals surface area contributed by atoms with Crippen molar-refractivity contribution in [1.82, 2.24) is 20.1 Å². The summed E-state index contributed by atoms with van der Waals surface area (Å²) in [6.07, 6.45) is 3.90. The Kier molecular flexibility index (Phi) is 5.03. The Balaban J connectivity index is 1.40. The molecule has 1 saturated heterocycles. The summed E-state index contributed by atoms with van der Waals surface area (Å²) >= 11 is 1.91. The molecule has 25 heavy (non-hydrogen) atoms. The Bertz CT molecular complexity index is 736. The van der Waals surface area contributed by atoms with Gasteiger partial charge >= 0.3 is 0 Å². The summed E-state index contributed by atoms with van der Waals surface area (Å²) in [5.41, 5.74) is 1.87. The fourth-order valence-corrected chi connectivity index (χ4v) is 4.36. The molecule has 1 aromatic heterocycles. The van der Waals surface area contributed by atoms with Crippen LogP contribution in [0.3, 0.4) is 0 Å². The molecule has 1 atom stereocenters. The highest BCUT2D eigenvalue weighted by atomic mass is 32.2. The van der Waals surface area contributed by atoms with Crippen molar-refractivity contribution >= 4 is 23.4 Å². The number of rotatable bonds is 4. The molecule has 0 aliphatic carbocycles. The Morgan fingerprint density at radius 2 is 2.16 bits per heavy atom. The second-order valence-electron chi connectivity index (χ2n) is 6.60. The second-order valence-corrected chi connectivity index (χ2v) is 7.75. The van der Waals surface area contributed by atoms with Crippen molar-refractivity contribution in [3.63, 3.8) is 0 Å². The average Bonchev–Trinajstić information content (AvgIpc) is 3.07. The molecule has 2 aliphatic heterocycles. The third kappa shape index (κ3) is 3.88. The largest absolute Gasteiger partial charge is 0.326 e. The normalized spacial score (nSPS) is 20.1. The first-order valence-electron chi connectivity index (χ1n) is 8.93. The van der Waals surface area contributed by atoms with Crippen LogP contribution >= 0.6 is 11.8 Å². The number of aromatic nitrogens is 3. The first-order chi connectivity index (χ1) is 12.3. The van der Waals surface area contributed by atoms with E-state index in [0.29, 0.717) is 6.42 Å². The molecule has 0 bridgehead atoms. The highest BCUT2D eigenvalue weighted by Gasteiger charge is 2.18. The Labute approximate surface area is 151 Å². The van der Waals surface area contributed by atoms with Crippen LogP contribution in [0.4, 0.5) is 5.69 Å². The topological polar surface area (TPSA) is 71.8 Å². The van der Waals surface area contributed by atoms with Gasteiger partial charge in [-0.25, -0.2) is 0 Å². The SMILES string of the molecule is O=C(CC1CSCCN1)Nc1ccc(-c2nnc3n2CCCC3)cc1. The number of aryl methyl sites for hydroxylation is 1. The number of thioether (sulfide) groups is 1. The molecule has 0 radical (unpaired) electrons. The number of carbonyl (C=O) groups excluding carboxylic acids is 1. The summed E-state index contributed by atoms with van der Waals surface area (Å²) in [7, 11) is 0. The van der Waals surface area contributed by atoms with Crippen LogP contribution in [0.15, 0.2) is 24.3 Å². The smallest absolute Gasteiger partial charge is 0.225 e. The molecule has 6 nitrogen and oxygen atoms in total. The Morgan fingerprint density at radius 3 is 2.96 bits per heavy atom. The molecular formula is C18H23N5OS. The molecule has 2 N–H and O–H groups in total. The van der Waals surface area contributed by atoms with E-state index in [4.69, 9.17) is 0 Å². The van der Waals surface area contributed by atoms with E-state index in [9.17, 15) is 4.79 Å². The van der Waals surface area contributed by atoms with E-state index in [-0.39, 0.29) is 11.9 Å². The van der Waals surface area contributed by atoms with Crippen LogP contribution in [0.1, 0.15) is 25.1 Å². The van der Waals surface area contributed by atoms with E-state index in [1.54, 1.807) is 0 Å². The van der Waals surface area contributed by atoms with Crippen molar-refractivity contribution in [3.8, 4) is 11.4 Å². The second kappa shape index (κ2) is 7.58. The van der Waals surface area contributed by atoms with Gasteiger partial charge in [0.15, 0.2) is 5.82 Å². The van der Waals surface area contributed by atoms with Gasteiger partial charge in [0.1, 0.15) is 5.82 Å². The number of benzene rings is 1. The van der Waals surface area contributed by atoms with Gasteiger partial charge in [0.05, 0.1) is 0 Å². The van der Waals surface area contributed by atoms with Gasteiger partial charge in [-0.05, 0) is 37.1 Å². The maximum atomic E-state index is 12.2. The minimum Gasteiger partial charge on any atom is -0.326 e. The minimum atomic E-state index is 0.0626. The molecule has 2 aromatic rings. The predicted octanol–water partition coefficient (Wildman–Crippen LogP) is 2.31. The van der Waals surface area contributed by atoms with Crippen LogP contribution in [-0.4, -0.2) is 44.8 Å². The highest BCUT2D eigenvalue weighted by molar-refractivity contribution is 7.99. The maximum Gasteiger partial charge on any atom is 0.225 e. The van der Waals surface area contributed by atoms with Crippen molar-refractivity contribution < 1.29 is 4.79 Å². The summed E-state index contributed by atoms with van der Waals surface area (Å²) in [6, 6.07) is 8.19. The van der Waals surface area contributed by atoms with E-state index in [0.717, 1.165) is 53.9 Å². The maximum absolute atomic E-state index is 12.2. The molecule has 1 aromatic carbocycles. The number of carbonyl (C=O) groups is 1. The number of nitrogens with one attached hydrogen (secondary N) is 2. The first kappa shape index (κ1) is 16.6. The zero-order valence-electron chi connectivity index (χ0n) is 14.2. The molecule has 3 heterocycles. The van der Waals surface area contributed by atoms with Gasteiger partial charge in [-0.2, -0.15) is 11.8 Å². The fraction of sp³-hybridized carbons (Fsp3) is 0.500. The van der Waals surface area contributed by atoms with Gasteiger partial charge in [-0.15, -0.1) is 10.2 Å². The fourth-order valence-electron chi connectivity index (χ4n) is 3.41. The van der Waals surface area contributed by atoms with E-state index >= 15 is 0 Å². The highest BCUT2D eigenvalue weighted by Crippen LogP contribution is 2.24. The van der Waals surface area contributed by atoms with Crippen molar-refractivity contribution in [1.29, 1.82) is 0 Å². The summed E-state index contributed by atoms with van der Waals surface area (Å²) in [6.45, 7) is 1.97. The van der Waals surface area contributed by atoms with Crippen LogP contribution in [0.5, 0.6) is 0 Å². The lowest BCUT2D eigenvalue weighted by Crippen LogP contribution is -2.39.